The molecular formula is C23H27N3O4. The van der Waals surface area contributed by atoms with E-state index in [1.165, 1.54) is 4.90 Å². The number of hydrogen-bond acceptors (Lipinski definition) is 5. The molecule has 2 aromatic rings. The van der Waals surface area contributed by atoms with Gasteiger partial charge in [-0.25, -0.2) is 9.69 Å². The fourth-order valence-corrected chi connectivity index (χ4v) is 4.32. The number of carbonyl (C=O) groups is 2. The van der Waals surface area contributed by atoms with Crippen LogP contribution in [-0.4, -0.2) is 55.2 Å². The summed E-state index contributed by atoms with van der Waals surface area (Å²) in [5, 5.41) is 2.84. The normalized spacial score (nSPS) is 21.7. The zero-order valence-electron chi connectivity index (χ0n) is 17.3. The lowest BCUT2D eigenvalue weighted by atomic mass is 10.0. The number of carbonyl (C=O) groups excluding carboxylic acids is 2. The average Bonchev–Trinajstić information content (AvgIpc) is 3.34. The first-order valence-electron chi connectivity index (χ1n) is 10.2. The van der Waals surface area contributed by atoms with Crippen LogP contribution in [0.3, 0.4) is 0 Å². The Labute approximate surface area is 176 Å². The molecule has 2 atom stereocenters. The minimum Gasteiger partial charge on any atom is -0.497 e. The second-order valence-corrected chi connectivity index (χ2v) is 7.68. The van der Waals surface area contributed by atoms with Crippen molar-refractivity contribution in [3.8, 4) is 11.5 Å². The van der Waals surface area contributed by atoms with Gasteiger partial charge in [-0.05, 0) is 24.5 Å². The highest BCUT2D eigenvalue weighted by molar-refractivity contribution is 6.04. The highest BCUT2D eigenvalue weighted by Crippen LogP contribution is 2.38. The van der Waals surface area contributed by atoms with Gasteiger partial charge >= 0.3 is 6.03 Å². The molecule has 158 valence electrons. The number of amides is 3. The molecule has 4 rings (SSSR count). The van der Waals surface area contributed by atoms with Gasteiger partial charge in [0.25, 0.3) is 5.91 Å². The van der Waals surface area contributed by atoms with Gasteiger partial charge in [-0.1, -0.05) is 36.4 Å². The molecule has 2 aliphatic heterocycles. The maximum Gasteiger partial charge on any atom is 0.325 e. The molecule has 2 heterocycles. The van der Waals surface area contributed by atoms with Gasteiger partial charge in [-0.3, -0.25) is 9.69 Å². The lowest BCUT2D eigenvalue weighted by Gasteiger charge is -2.29. The van der Waals surface area contributed by atoms with E-state index < -0.39 is 6.04 Å². The molecule has 0 unspecified atom stereocenters. The topological polar surface area (TPSA) is 71.1 Å². The molecule has 2 aliphatic rings. The molecule has 3 amide bonds. The summed E-state index contributed by atoms with van der Waals surface area (Å²) >= 11 is 0. The number of benzene rings is 2. The van der Waals surface area contributed by atoms with Crippen LogP contribution in [0.1, 0.15) is 30.0 Å². The van der Waals surface area contributed by atoms with Crippen molar-refractivity contribution in [2.45, 2.75) is 31.3 Å². The maximum atomic E-state index is 12.9. The first-order valence-corrected chi connectivity index (χ1v) is 10.2. The summed E-state index contributed by atoms with van der Waals surface area (Å²) in [5.41, 5.74) is 2.07. The van der Waals surface area contributed by atoms with E-state index in [-0.39, 0.29) is 24.6 Å². The summed E-state index contributed by atoms with van der Waals surface area (Å²) < 4.78 is 10.9. The Hall–Kier alpha value is -3.06. The van der Waals surface area contributed by atoms with Crippen LogP contribution in [0.2, 0.25) is 0 Å². The van der Waals surface area contributed by atoms with E-state index in [1.54, 1.807) is 14.2 Å². The first kappa shape index (κ1) is 20.2. The Morgan fingerprint density at radius 3 is 2.60 bits per heavy atom. The highest BCUT2D eigenvalue weighted by Gasteiger charge is 2.40. The third-order valence-electron chi connectivity index (χ3n) is 5.88. The zero-order valence-corrected chi connectivity index (χ0v) is 17.3. The molecule has 1 N–H and O–H groups in total. The Morgan fingerprint density at radius 1 is 1.07 bits per heavy atom. The number of nitrogens with zero attached hydrogens (tertiary/aromatic N) is 2. The summed E-state index contributed by atoms with van der Waals surface area (Å²) in [5.74, 6) is 1.32. The SMILES string of the molecule is COc1ccc([C@@H]2CCCN2CN2C(=O)N[C@H](Cc3ccccc3)C2=O)c(OC)c1. The minimum atomic E-state index is -0.517. The second-order valence-electron chi connectivity index (χ2n) is 7.68. The fourth-order valence-electron chi connectivity index (χ4n) is 4.32. The molecule has 7 nitrogen and oxygen atoms in total. The summed E-state index contributed by atoms with van der Waals surface area (Å²) in [6, 6.07) is 14.8. The van der Waals surface area contributed by atoms with E-state index >= 15 is 0 Å². The van der Waals surface area contributed by atoms with Gasteiger partial charge in [-0.2, -0.15) is 0 Å². The third-order valence-corrected chi connectivity index (χ3v) is 5.88. The maximum absolute atomic E-state index is 12.9. The first-order chi connectivity index (χ1) is 14.6. The smallest absolute Gasteiger partial charge is 0.325 e. The molecule has 0 radical (unpaired) electrons. The highest BCUT2D eigenvalue weighted by atomic mass is 16.5. The number of nitrogens with one attached hydrogen (secondary N) is 1. The van der Waals surface area contributed by atoms with Gasteiger partial charge < -0.3 is 14.8 Å². The molecular weight excluding hydrogens is 382 g/mol. The molecule has 0 aliphatic carbocycles. The monoisotopic (exact) mass is 409 g/mol. The van der Waals surface area contributed by atoms with Gasteiger partial charge in [0.2, 0.25) is 0 Å². The van der Waals surface area contributed by atoms with E-state index in [2.05, 4.69) is 10.2 Å². The van der Waals surface area contributed by atoms with Crippen LogP contribution in [0, 0.1) is 0 Å². The van der Waals surface area contributed by atoms with Crippen molar-refractivity contribution < 1.29 is 19.1 Å². The van der Waals surface area contributed by atoms with E-state index in [0.717, 1.165) is 42.0 Å². The van der Waals surface area contributed by atoms with Crippen molar-refractivity contribution in [2.24, 2.45) is 0 Å². The average molecular weight is 409 g/mol. The summed E-state index contributed by atoms with van der Waals surface area (Å²) in [7, 11) is 3.27. The van der Waals surface area contributed by atoms with Gasteiger partial charge in [0.05, 0.1) is 20.9 Å². The molecule has 2 fully saturated rings. The van der Waals surface area contributed by atoms with Crippen molar-refractivity contribution in [3.63, 3.8) is 0 Å². The molecule has 0 aromatic heterocycles. The zero-order chi connectivity index (χ0) is 21.1. The van der Waals surface area contributed by atoms with Gasteiger partial charge in [0, 0.05) is 30.6 Å². The number of likely N-dealkylation sites (tertiary alicyclic amines) is 1. The van der Waals surface area contributed by atoms with Crippen molar-refractivity contribution in [1.29, 1.82) is 0 Å². The van der Waals surface area contributed by atoms with Crippen LogP contribution in [0.5, 0.6) is 11.5 Å². The van der Waals surface area contributed by atoms with Crippen molar-refractivity contribution >= 4 is 11.9 Å². The Bertz CT molecular complexity index is 918. The largest absolute Gasteiger partial charge is 0.497 e. The van der Waals surface area contributed by atoms with Crippen LogP contribution in [-0.2, 0) is 11.2 Å². The summed E-state index contributed by atoms with van der Waals surface area (Å²) in [6.07, 6.45) is 2.44. The Kier molecular flexibility index (Phi) is 5.90. The molecule has 2 aromatic carbocycles. The molecule has 7 heteroatoms. The number of hydrogen-bond donors (Lipinski definition) is 1. The lowest BCUT2D eigenvalue weighted by molar-refractivity contribution is -0.129. The Morgan fingerprint density at radius 2 is 1.87 bits per heavy atom. The third kappa shape index (κ3) is 3.98. The number of ether oxygens (including phenoxy) is 2. The van der Waals surface area contributed by atoms with Crippen LogP contribution < -0.4 is 14.8 Å². The predicted molar refractivity (Wildman–Crippen MR) is 112 cm³/mol. The number of rotatable bonds is 7. The number of methoxy groups -OCH3 is 2. The number of urea groups is 1. The van der Waals surface area contributed by atoms with Gasteiger partial charge in [0.15, 0.2) is 0 Å². The van der Waals surface area contributed by atoms with Gasteiger partial charge in [-0.15, -0.1) is 0 Å². The fraction of sp³-hybridized carbons (Fsp3) is 0.391. The number of imide groups is 1. The second kappa shape index (κ2) is 8.75. The van der Waals surface area contributed by atoms with E-state index in [0.29, 0.717) is 6.42 Å². The van der Waals surface area contributed by atoms with Crippen LogP contribution >= 0.6 is 0 Å². The van der Waals surface area contributed by atoms with E-state index in [9.17, 15) is 9.59 Å². The molecule has 0 saturated carbocycles. The van der Waals surface area contributed by atoms with Crippen LogP contribution in [0.15, 0.2) is 48.5 Å². The Balaban J connectivity index is 1.48. The van der Waals surface area contributed by atoms with E-state index in [4.69, 9.17) is 9.47 Å². The molecule has 2 saturated heterocycles. The molecule has 0 spiro atoms. The molecule has 30 heavy (non-hydrogen) atoms. The van der Waals surface area contributed by atoms with Crippen LogP contribution in [0.25, 0.3) is 0 Å². The quantitative estimate of drug-likeness (QED) is 0.712. The predicted octanol–water partition coefficient (Wildman–Crippen LogP) is 2.96. The minimum absolute atomic E-state index is 0.0830. The summed E-state index contributed by atoms with van der Waals surface area (Å²) in [6.45, 7) is 1.09. The van der Waals surface area contributed by atoms with Gasteiger partial charge in [0.1, 0.15) is 17.5 Å². The van der Waals surface area contributed by atoms with Crippen molar-refractivity contribution in [3.05, 3.63) is 59.7 Å². The van der Waals surface area contributed by atoms with E-state index in [1.807, 2.05) is 48.5 Å². The van der Waals surface area contributed by atoms with Crippen molar-refractivity contribution in [2.75, 3.05) is 27.4 Å². The standard InChI is InChI=1S/C23H27N3O4/c1-29-17-10-11-18(21(14-17)30-2)20-9-6-12-25(20)15-26-22(27)19(24-23(26)28)13-16-7-4-3-5-8-16/h3-5,7-8,10-11,14,19-20H,6,9,12-13,15H2,1-2H3,(H,24,28)/t19-,20+/m1/s1. The van der Waals surface area contributed by atoms with Crippen LogP contribution in [0.4, 0.5) is 4.79 Å². The summed E-state index contributed by atoms with van der Waals surface area (Å²) in [4.78, 5) is 29.0. The lowest BCUT2D eigenvalue weighted by Crippen LogP contribution is -2.42. The molecule has 0 bridgehead atoms. The van der Waals surface area contributed by atoms with Crippen molar-refractivity contribution in [1.82, 2.24) is 15.1 Å².